The molecule has 370 valence electrons. The molecule has 0 bridgehead atoms. The molecule has 4 N–H and O–H groups in total. The van der Waals surface area contributed by atoms with Gasteiger partial charge in [0, 0.05) is 12.8 Å². The van der Waals surface area contributed by atoms with Crippen LogP contribution in [0.25, 0.3) is 0 Å². The number of carbonyl (C=O) groups is 2. The lowest BCUT2D eigenvalue weighted by molar-refractivity contribution is -0.297. The summed E-state index contributed by atoms with van der Waals surface area (Å²) in [6.07, 6.45) is 41.1. The minimum atomic E-state index is -4.61. The van der Waals surface area contributed by atoms with E-state index in [2.05, 4.69) is 74.6 Å². The molecule has 1 aliphatic heterocycles. The van der Waals surface area contributed by atoms with Crippen LogP contribution in [0.15, 0.2) is 60.8 Å². The number of allylic oxidation sites excluding steroid dienone is 10. The van der Waals surface area contributed by atoms with Crippen molar-refractivity contribution in [2.24, 2.45) is 0 Å². The van der Waals surface area contributed by atoms with Crippen molar-refractivity contribution in [3.63, 3.8) is 0 Å². The van der Waals surface area contributed by atoms with E-state index >= 15 is 0 Å². The zero-order valence-electron chi connectivity index (χ0n) is 39.6. The minimum Gasteiger partial charge on any atom is -0.462 e. The van der Waals surface area contributed by atoms with Crippen molar-refractivity contribution in [1.29, 1.82) is 0 Å². The van der Waals surface area contributed by atoms with Crippen LogP contribution < -0.4 is 0 Å². The summed E-state index contributed by atoms with van der Waals surface area (Å²) in [5.41, 5.74) is 0. The van der Waals surface area contributed by atoms with Gasteiger partial charge < -0.3 is 34.3 Å². The standard InChI is InChI=1S/C51H88O12S/c1-3-5-7-9-11-13-15-17-19-21-22-24-26-28-30-32-34-36-38-40-47(53)62-44(42-61-51-50(56)49(55)48(54)45(63-51)43-64(57,58)59)41-60-46(52)39-37-35-33-31-29-27-25-23-20-18-16-14-12-10-8-6-4-2/h11-14,17-20,25,27,44-45,48-51,54-56H,3-10,15-16,21-24,26,28-43H2,1-2H3,(H,57,58,59)/b13-11+,14-12+,19-17+,20-18+,27-25+/t44-,45-,48-,49?,50?,51+/m1/s1. The van der Waals surface area contributed by atoms with E-state index < -0.39 is 71.2 Å². The molecule has 0 aromatic rings. The monoisotopic (exact) mass is 925 g/mol. The van der Waals surface area contributed by atoms with Crippen molar-refractivity contribution in [2.45, 2.75) is 230 Å². The van der Waals surface area contributed by atoms with Gasteiger partial charge >= 0.3 is 11.9 Å². The number of ether oxygens (including phenoxy) is 4. The number of aliphatic hydroxyl groups excluding tert-OH is 3. The van der Waals surface area contributed by atoms with Crippen LogP contribution in [0.4, 0.5) is 0 Å². The van der Waals surface area contributed by atoms with Gasteiger partial charge in [0.25, 0.3) is 10.1 Å². The summed E-state index contributed by atoms with van der Waals surface area (Å²) < 4.78 is 54.2. The first-order chi connectivity index (χ1) is 31.0. The maximum absolute atomic E-state index is 12.9. The molecule has 1 saturated heterocycles. The van der Waals surface area contributed by atoms with E-state index in [4.69, 9.17) is 18.9 Å². The third kappa shape index (κ3) is 34.7. The Hall–Kier alpha value is -2.65. The molecule has 0 amide bonds. The van der Waals surface area contributed by atoms with E-state index in [-0.39, 0.29) is 19.4 Å². The first-order valence-electron chi connectivity index (χ1n) is 24.8. The SMILES string of the molecule is CCCCC/C=C/C/C=C/C/C=C/CCCCCCC(=O)OC[C@H](CO[C@H]1O[C@H](CS(=O)(=O)O)[C@@H](O)C(O)C1O)OC(=O)CCCCCCCCCCC/C=C/C/C=C/CCCCC. The van der Waals surface area contributed by atoms with Crippen LogP contribution >= 0.6 is 0 Å². The van der Waals surface area contributed by atoms with Crippen molar-refractivity contribution >= 4 is 22.1 Å². The van der Waals surface area contributed by atoms with Gasteiger partial charge in [-0.1, -0.05) is 158 Å². The predicted octanol–water partition coefficient (Wildman–Crippen LogP) is 10.9. The Balaban J connectivity index is 2.42. The summed E-state index contributed by atoms with van der Waals surface area (Å²) in [6, 6.07) is 0. The minimum absolute atomic E-state index is 0.152. The lowest BCUT2D eigenvalue weighted by Gasteiger charge is -2.40. The van der Waals surface area contributed by atoms with Crippen molar-refractivity contribution in [2.75, 3.05) is 19.0 Å². The topological polar surface area (TPSA) is 186 Å². The van der Waals surface area contributed by atoms with Gasteiger partial charge in [0.2, 0.25) is 0 Å². The maximum Gasteiger partial charge on any atom is 0.306 e. The van der Waals surface area contributed by atoms with Gasteiger partial charge in [-0.25, -0.2) is 0 Å². The molecule has 0 radical (unpaired) electrons. The summed E-state index contributed by atoms with van der Waals surface area (Å²) in [6.45, 7) is 3.69. The quantitative estimate of drug-likeness (QED) is 0.0197. The smallest absolute Gasteiger partial charge is 0.306 e. The highest BCUT2D eigenvalue weighted by Gasteiger charge is 2.46. The molecule has 0 spiro atoms. The Bertz CT molecular complexity index is 1410. The van der Waals surface area contributed by atoms with Crippen LogP contribution in [0, 0.1) is 0 Å². The maximum atomic E-state index is 12.9. The fourth-order valence-electron chi connectivity index (χ4n) is 7.18. The molecule has 1 rings (SSSR count). The predicted molar refractivity (Wildman–Crippen MR) is 256 cm³/mol. The highest BCUT2D eigenvalue weighted by Crippen LogP contribution is 2.24. The molecule has 1 aliphatic rings. The first-order valence-corrected chi connectivity index (χ1v) is 26.5. The van der Waals surface area contributed by atoms with Gasteiger partial charge in [0.15, 0.2) is 12.4 Å². The fourth-order valence-corrected chi connectivity index (χ4v) is 7.87. The Morgan fingerprint density at radius 1 is 0.531 bits per heavy atom. The zero-order valence-corrected chi connectivity index (χ0v) is 40.4. The third-order valence-electron chi connectivity index (χ3n) is 11.1. The fraction of sp³-hybridized carbons (Fsp3) is 0.765. The lowest BCUT2D eigenvalue weighted by atomic mass is 10.00. The second kappa shape index (κ2) is 40.6. The number of hydrogen-bond donors (Lipinski definition) is 4. The van der Waals surface area contributed by atoms with E-state index in [1.807, 2.05) is 0 Å². The van der Waals surface area contributed by atoms with Crippen LogP contribution in [0.5, 0.6) is 0 Å². The van der Waals surface area contributed by atoms with Crippen LogP contribution in [0.1, 0.15) is 194 Å². The number of esters is 2. The number of rotatable bonds is 41. The molecule has 13 heteroatoms. The molecule has 1 heterocycles. The van der Waals surface area contributed by atoms with Crippen molar-refractivity contribution in [1.82, 2.24) is 0 Å². The highest BCUT2D eigenvalue weighted by molar-refractivity contribution is 7.85. The Labute approximate surface area is 387 Å². The Morgan fingerprint density at radius 2 is 0.938 bits per heavy atom. The molecule has 12 nitrogen and oxygen atoms in total. The van der Waals surface area contributed by atoms with Gasteiger partial charge in [0.1, 0.15) is 36.8 Å². The molecule has 0 aromatic heterocycles. The molecule has 2 unspecified atom stereocenters. The summed E-state index contributed by atoms with van der Waals surface area (Å²) >= 11 is 0. The third-order valence-corrected chi connectivity index (χ3v) is 11.8. The van der Waals surface area contributed by atoms with Gasteiger partial charge in [-0.15, -0.1) is 0 Å². The van der Waals surface area contributed by atoms with Gasteiger partial charge in [-0.3, -0.25) is 14.1 Å². The van der Waals surface area contributed by atoms with E-state index in [1.165, 1.54) is 70.6 Å². The number of unbranched alkanes of at least 4 members (excludes halogenated alkanes) is 19. The number of aliphatic hydroxyl groups is 3. The van der Waals surface area contributed by atoms with Crippen molar-refractivity contribution in [3.8, 4) is 0 Å². The lowest BCUT2D eigenvalue weighted by Crippen LogP contribution is -2.60. The van der Waals surface area contributed by atoms with Gasteiger partial charge in [-0.2, -0.15) is 8.42 Å². The Kier molecular flexibility index (Phi) is 37.7. The molecule has 0 aliphatic carbocycles. The zero-order chi connectivity index (χ0) is 46.9. The molecular formula is C51H88O12S. The van der Waals surface area contributed by atoms with E-state index in [1.54, 1.807) is 0 Å². The summed E-state index contributed by atoms with van der Waals surface area (Å²) in [5.74, 6) is -2.02. The summed E-state index contributed by atoms with van der Waals surface area (Å²) in [5, 5.41) is 31.0. The van der Waals surface area contributed by atoms with E-state index in [0.29, 0.717) is 12.8 Å². The van der Waals surface area contributed by atoms with Crippen LogP contribution in [0.3, 0.4) is 0 Å². The Morgan fingerprint density at radius 3 is 1.39 bits per heavy atom. The average Bonchev–Trinajstić information content (AvgIpc) is 3.26. The largest absolute Gasteiger partial charge is 0.462 e. The molecule has 64 heavy (non-hydrogen) atoms. The molecule has 0 aromatic carbocycles. The first kappa shape index (κ1) is 59.4. The summed E-state index contributed by atoms with van der Waals surface area (Å²) in [4.78, 5) is 25.5. The number of carbonyl (C=O) groups excluding carboxylic acids is 2. The second-order valence-corrected chi connectivity index (χ2v) is 18.6. The van der Waals surface area contributed by atoms with Gasteiger partial charge in [-0.05, 0) is 83.5 Å². The molecule has 0 saturated carbocycles. The normalized spacial score (nSPS) is 20.1. The highest BCUT2D eigenvalue weighted by atomic mass is 32.2. The molecule has 6 atom stereocenters. The average molecular weight is 925 g/mol. The van der Waals surface area contributed by atoms with E-state index in [9.17, 15) is 37.9 Å². The van der Waals surface area contributed by atoms with Gasteiger partial charge in [0.05, 0.1) is 6.61 Å². The number of hydrogen-bond acceptors (Lipinski definition) is 11. The van der Waals surface area contributed by atoms with E-state index in [0.717, 1.165) is 83.5 Å². The van der Waals surface area contributed by atoms with Crippen molar-refractivity contribution in [3.05, 3.63) is 60.8 Å². The molecular weight excluding hydrogens is 837 g/mol. The van der Waals surface area contributed by atoms with Crippen LogP contribution in [0.2, 0.25) is 0 Å². The summed E-state index contributed by atoms with van der Waals surface area (Å²) in [7, 11) is -4.61. The van der Waals surface area contributed by atoms with Crippen LogP contribution in [-0.4, -0.2) is 96.0 Å². The molecule has 1 fully saturated rings. The van der Waals surface area contributed by atoms with Crippen molar-refractivity contribution < 1.29 is 56.8 Å². The van der Waals surface area contributed by atoms with Crippen LogP contribution in [-0.2, 0) is 38.7 Å². The second-order valence-electron chi connectivity index (χ2n) is 17.1.